The molecule has 0 spiro atoms. The first-order valence-corrected chi connectivity index (χ1v) is 10.5. The molecule has 0 unspecified atom stereocenters. The lowest BCUT2D eigenvalue weighted by molar-refractivity contribution is 0.131. The van der Waals surface area contributed by atoms with Gasteiger partial charge in [-0.1, -0.05) is 19.3 Å². The zero-order valence-corrected chi connectivity index (χ0v) is 21.1. The summed E-state index contributed by atoms with van der Waals surface area (Å²) in [6.07, 6.45) is 6.93. The highest BCUT2D eigenvalue weighted by molar-refractivity contribution is 14.0. The summed E-state index contributed by atoms with van der Waals surface area (Å²) in [7, 11) is 4.82. The number of nitrogens with one attached hydrogen (secondary N) is 2. The van der Waals surface area contributed by atoms with Gasteiger partial charge in [0.05, 0.1) is 27.9 Å². The zero-order chi connectivity index (χ0) is 21.1. The number of aliphatic hydroxyl groups is 1. The fraction of sp³-hybridized carbons (Fsp3) is 0.682. The number of hydrogen-bond donors (Lipinski definition) is 3. The van der Waals surface area contributed by atoms with Crippen molar-refractivity contribution in [3.8, 4) is 17.2 Å². The van der Waals surface area contributed by atoms with Crippen molar-refractivity contribution in [2.75, 3.05) is 41.0 Å². The highest BCUT2D eigenvalue weighted by Crippen LogP contribution is 2.39. The van der Waals surface area contributed by atoms with Crippen LogP contribution in [0.5, 0.6) is 17.2 Å². The van der Waals surface area contributed by atoms with Crippen LogP contribution in [0.2, 0.25) is 0 Å². The van der Waals surface area contributed by atoms with Gasteiger partial charge >= 0.3 is 0 Å². The molecule has 0 amide bonds. The first-order chi connectivity index (χ1) is 14.1. The molecule has 2 rings (SSSR count). The second kappa shape index (κ2) is 13.8. The third kappa shape index (κ3) is 7.37. The standard InChI is InChI=1S/C22H37N3O4.HI/c1-5-23-21(25-16-22(11-12-26)9-7-6-8-10-22)24-15-17-13-18(27-2)20(29-4)19(14-17)28-3;/h13-14,26H,5-12,15-16H2,1-4H3,(H2,23,24,25);1H. The Morgan fingerprint density at radius 1 is 1.03 bits per heavy atom. The van der Waals surface area contributed by atoms with Crippen molar-refractivity contribution in [2.45, 2.75) is 52.0 Å². The largest absolute Gasteiger partial charge is 0.493 e. The van der Waals surface area contributed by atoms with E-state index in [0.29, 0.717) is 23.8 Å². The number of benzene rings is 1. The normalized spacial score (nSPS) is 15.7. The number of ether oxygens (including phenoxy) is 3. The Labute approximate surface area is 198 Å². The van der Waals surface area contributed by atoms with Gasteiger partial charge in [0.1, 0.15) is 0 Å². The Morgan fingerprint density at radius 3 is 2.17 bits per heavy atom. The molecule has 30 heavy (non-hydrogen) atoms. The van der Waals surface area contributed by atoms with E-state index in [2.05, 4.69) is 17.6 Å². The molecule has 1 fully saturated rings. The Hall–Kier alpha value is -1.42. The lowest BCUT2D eigenvalue weighted by Gasteiger charge is -2.37. The van der Waals surface area contributed by atoms with Gasteiger partial charge in [-0.2, -0.15) is 0 Å². The minimum absolute atomic E-state index is 0. The van der Waals surface area contributed by atoms with E-state index >= 15 is 0 Å². The van der Waals surface area contributed by atoms with Crippen molar-refractivity contribution in [3.63, 3.8) is 0 Å². The predicted octanol–water partition coefficient (Wildman–Crippen LogP) is 3.72. The van der Waals surface area contributed by atoms with Gasteiger partial charge in [-0.3, -0.25) is 0 Å². The van der Waals surface area contributed by atoms with E-state index in [1.54, 1.807) is 21.3 Å². The van der Waals surface area contributed by atoms with Crippen LogP contribution >= 0.6 is 24.0 Å². The van der Waals surface area contributed by atoms with E-state index in [1.165, 1.54) is 19.3 Å². The molecule has 172 valence electrons. The second-order valence-electron chi connectivity index (χ2n) is 7.62. The molecule has 7 nitrogen and oxygen atoms in total. The molecule has 8 heteroatoms. The number of nitrogens with zero attached hydrogens (tertiary/aromatic N) is 1. The number of hydrogen-bond acceptors (Lipinski definition) is 5. The molecule has 1 aromatic rings. The minimum atomic E-state index is 0. The minimum Gasteiger partial charge on any atom is -0.493 e. The lowest BCUT2D eigenvalue weighted by Crippen LogP contribution is -2.44. The van der Waals surface area contributed by atoms with E-state index in [0.717, 1.165) is 43.9 Å². The van der Waals surface area contributed by atoms with Gasteiger partial charge in [0.2, 0.25) is 5.75 Å². The van der Waals surface area contributed by atoms with Crippen molar-refractivity contribution >= 4 is 29.9 Å². The van der Waals surface area contributed by atoms with Crippen LogP contribution < -0.4 is 24.8 Å². The summed E-state index contributed by atoms with van der Waals surface area (Å²) in [4.78, 5) is 4.75. The zero-order valence-electron chi connectivity index (χ0n) is 18.8. The van der Waals surface area contributed by atoms with E-state index in [1.807, 2.05) is 12.1 Å². The maximum absolute atomic E-state index is 9.54. The van der Waals surface area contributed by atoms with Gasteiger partial charge in [-0.15, -0.1) is 24.0 Å². The number of aliphatic imine (C=N–C) groups is 1. The molecule has 0 atom stereocenters. The number of rotatable bonds is 10. The Bertz CT molecular complexity index is 633. The molecule has 0 aromatic heterocycles. The van der Waals surface area contributed by atoms with Crippen LogP contribution in [-0.2, 0) is 6.54 Å². The number of guanidine groups is 1. The molecular weight excluding hydrogens is 497 g/mol. The van der Waals surface area contributed by atoms with Crippen molar-refractivity contribution < 1.29 is 19.3 Å². The van der Waals surface area contributed by atoms with E-state index in [-0.39, 0.29) is 36.0 Å². The molecule has 1 aliphatic rings. The Kier molecular flexibility index (Phi) is 12.2. The highest BCUT2D eigenvalue weighted by atomic mass is 127. The monoisotopic (exact) mass is 535 g/mol. The van der Waals surface area contributed by atoms with Crippen LogP contribution in [0.4, 0.5) is 0 Å². The number of halogens is 1. The van der Waals surface area contributed by atoms with Gasteiger partial charge in [0, 0.05) is 19.7 Å². The SMILES string of the molecule is CCNC(=NCc1cc(OC)c(OC)c(OC)c1)NCC1(CCO)CCCCC1.I. The summed E-state index contributed by atoms with van der Waals surface area (Å²) < 4.78 is 16.3. The van der Waals surface area contributed by atoms with Gasteiger partial charge in [-0.25, -0.2) is 4.99 Å². The first-order valence-electron chi connectivity index (χ1n) is 10.5. The van der Waals surface area contributed by atoms with E-state index in [9.17, 15) is 5.11 Å². The Morgan fingerprint density at radius 2 is 1.67 bits per heavy atom. The van der Waals surface area contributed by atoms with Gasteiger partial charge < -0.3 is 30.0 Å². The third-order valence-electron chi connectivity index (χ3n) is 5.68. The van der Waals surface area contributed by atoms with Crippen LogP contribution in [0.3, 0.4) is 0 Å². The summed E-state index contributed by atoms with van der Waals surface area (Å²) in [6.45, 7) is 4.39. The second-order valence-corrected chi connectivity index (χ2v) is 7.62. The summed E-state index contributed by atoms with van der Waals surface area (Å²) in [5, 5.41) is 16.4. The van der Waals surface area contributed by atoms with Crippen LogP contribution in [-0.4, -0.2) is 52.1 Å². The quantitative estimate of drug-likeness (QED) is 0.241. The summed E-state index contributed by atoms with van der Waals surface area (Å²) >= 11 is 0. The maximum atomic E-state index is 9.54. The first kappa shape index (κ1) is 26.6. The van der Waals surface area contributed by atoms with Crippen molar-refractivity contribution in [1.82, 2.24) is 10.6 Å². The van der Waals surface area contributed by atoms with Gasteiger partial charge in [-0.05, 0) is 49.3 Å². The smallest absolute Gasteiger partial charge is 0.203 e. The van der Waals surface area contributed by atoms with Crippen molar-refractivity contribution in [1.29, 1.82) is 0 Å². The molecule has 0 aliphatic heterocycles. The van der Waals surface area contributed by atoms with Gasteiger partial charge in [0.15, 0.2) is 17.5 Å². The fourth-order valence-corrected chi connectivity index (χ4v) is 4.06. The van der Waals surface area contributed by atoms with Gasteiger partial charge in [0.25, 0.3) is 0 Å². The molecule has 1 aromatic carbocycles. The molecular formula is C22H38IN3O4. The van der Waals surface area contributed by atoms with E-state index in [4.69, 9.17) is 19.2 Å². The molecule has 0 heterocycles. The van der Waals surface area contributed by atoms with Crippen molar-refractivity contribution in [2.24, 2.45) is 10.4 Å². The van der Waals surface area contributed by atoms with Crippen LogP contribution in [0, 0.1) is 5.41 Å². The summed E-state index contributed by atoms with van der Waals surface area (Å²) in [5.41, 5.74) is 1.13. The number of aliphatic hydroxyl groups excluding tert-OH is 1. The predicted molar refractivity (Wildman–Crippen MR) is 132 cm³/mol. The number of methoxy groups -OCH3 is 3. The van der Waals surface area contributed by atoms with Crippen LogP contribution in [0.1, 0.15) is 51.0 Å². The van der Waals surface area contributed by atoms with Crippen molar-refractivity contribution in [3.05, 3.63) is 17.7 Å². The molecule has 0 saturated heterocycles. The average Bonchev–Trinajstić information content (AvgIpc) is 2.75. The lowest BCUT2D eigenvalue weighted by atomic mass is 9.72. The highest BCUT2D eigenvalue weighted by Gasteiger charge is 2.31. The molecule has 1 saturated carbocycles. The summed E-state index contributed by atoms with van der Waals surface area (Å²) in [6, 6.07) is 3.84. The van der Waals surface area contributed by atoms with E-state index < -0.39 is 0 Å². The Balaban J connectivity index is 0.00000450. The summed E-state index contributed by atoms with van der Waals surface area (Å²) in [5.74, 6) is 2.61. The molecule has 0 radical (unpaired) electrons. The van der Waals surface area contributed by atoms with Crippen LogP contribution in [0.25, 0.3) is 0 Å². The van der Waals surface area contributed by atoms with Crippen LogP contribution in [0.15, 0.2) is 17.1 Å². The molecule has 0 bridgehead atoms. The maximum Gasteiger partial charge on any atom is 0.203 e. The topological polar surface area (TPSA) is 84.3 Å². The fourth-order valence-electron chi connectivity index (χ4n) is 4.06. The molecule has 1 aliphatic carbocycles. The average molecular weight is 535 g/mol. The third-order valence-corrected chi connectivity index (χ3v) is 5.68. The molecule has 3 N–H and O–H groups in total.